The van der Waals surface area contributed by atoms with Gasteiger partial charge in [0, 0.05) is 38.6 Å². The van der Waals surface area contributed by atoms with Gasteiger partial charge in [-0.25, -0.2) is 0 Å². The molecule has 2 aliphatic rings. The number of esters is 1. The summed E-state index contributed by atoms with van der Waals surface area (Å²) in [6.45, 7) is 8.39. The number of nitrogens with zero attached hydrogens (tertiary/aromatic N) is 2. The van der Waals surface area contributed by atoms with Crippen LogP contribution in [0.5, 0.6) is 0 Å². The van der Waals surface area contributed by atoms with E-state index < -0.39 is 0 Å². The molecule has 2 fully saturated rings. The molecule has 2 aliphatic heterocycles. The second-order valence-electron chi connectivity index (χ2n) is 5.66. The highest BCUT2D eigenvalue weighted by Crippen LogP contribution is 2.16. The Balaban J connectivity index is 1.71. The molecule has 0 unspecified atom stereocenters. The van der Waals surface area contributed by atoms with E-state index >= 15 is 0 Å². The van der Waals surface area contributed by atoms with Gasteiger partial charge in [-0.1, -0.05) is 6.92 Å². The Bertz CT molecular complexity index is 354. The van der Waals surface area contributed by atoms with E-state index in [-0.39, 0.29) is 24.0 Å². The van der Waals surface area contributed by atoms with Gasteiger partial charge in [0.1, 0.15) is 6.04 Å². The molecule has 6 heteroatoms. The van der Waals surface area contributed by atoms with Crippen molar-refractivity contribution in [3.05, 3.63) is 0 Å². The fourth-order valence-electron chi connectivity index (χ4n) is 2.68. The average molecular weight is 283 g/mol. The summed E-state index contributed by atoms with van der Waals surface area (Å²) in [4.78, 5) is 27.7. The zero-order valence-electron chi connectivity index (χ0n) is 12.4. The predicted octanol–water partition coefficient (Wildman–Crippen LogP) is -0.166. The fraction of sp³-hybridized carbons (Fsp3) is 0.857. The second kappa shape index (κ2) is 7.04. The van der Waals surface area contributed by atoms with Crippen molar-refractivity contribution in [2.45, 2.75) is 38.8 Å². The van der Waals surface area contributed by atoms with Crippen LogP contribution in [0.25, 0.3) is 0 Å². The number of hydrogen-bond acceptors (Lipinski definition) is 5. The number of hydrogen-bond donors (Lipinski definition) is 1. The van der Waals surface area contributed by atoms with Crippen molar-refractivity contribution in [3.8, 4) is 0 Å². The minimum Gasteiger partial charge on any atom is -0.464 e. The standard InChI is InChI=1S/C14H25N3O3/c1-3-11(2)15-13(18)10-16-5-7-17(8-6-16)12-4-9-20-14(12)19/h11-12H,3-10H2,1-2H3,(H,15,18)/t11-,12+/m1/s1. The van der Waals surface area contributed by atoms with E-state index in [9.17, 15) is 9.59 Å². The van der Waals surface area contributed by atoms with Crippen LogP contribution >= 0.6 is 0 Å². The number of carbonyl (C=O) groups excluding carboxylic acids is 2. The Kier molecular flexibility index (Phi) is 5.37. The average Bonchev–Trinajstić information content (AvgIpc) is 2.85. The van der Waals surface area contributed by atoms with Crippen LogP contribution < -0.4 is 5.32 Å². The summed E-state index contributed by atoms with van der Waals surface area (Å²) in [6, 6.07) is 0.170. The van der Waals surface area contributed by atoms with Crippen LogP contribution in [0.3, 0.4) is 0 Å². The van der Waals surface area contributed by atoms with Gasteiger partial charge in [-0.3, -0.25) is 19.4 Å². The molecule has 114 valence electrons. The largest absolute Gasteiger partial charge is 0.464 e. The van der Waals surface area contributed by atoms with Crippen LogP contribution in [0, 0.1) is 0 Å². The molecule has 1 amide bonds. The Morgan fingerprint density at radius 2 is 2.10 bits per heavy atom. The fourth-order valence-corrected chi connectivity index (χ4v) is 2.68. The smallest absolute Gasteiger partial charge is 0.323 e. The monoisotopic (exact) mass is 283 g/mol. The van der Waals surface area contributed by atoms with Crippen molar-refractivity contribution in [3.63, 3.8) is 0 Å². The summed E-state index contributed by atoms with van der Waals surface area (Å²) < 4.78 is 5.01. The first kappa shape index (κ1) is 15.3. The van der Waals surface area contributed by atoms with Crippen LogP contribution in [0.1, 0.15) is 26.7 Å². The van der Waals surface area contributed by atoms with Crippen molar-refractivity contribution in [2.24, 2.45) is 0 Å². The first-order valence-electron chi connectivity index (χ1n) is 7.52. The number of rotatable bonds is 5. The molecule has 1 N–H and O–H groups in total. The molecule has 0 aromatic heterocycles. The van der Waals surface area contributed by atoms with Crippen LogP contribution in [-0.4, -0.2) is 73.1 Å². The van der Waals surface area contributed by atoms with E-state index in [4.69, 9.17) is 4.74 Å². The van der Waals surface area contributed by atoms with Gasteiger partial charge in [-0.15, -0.1) is 0 Å². The molecule has 2 heterocycles. The van der Waals surface area contributed by atoms with E-state index in [0.29, 0.717) is 13.2 Å². The summed E-state index contributed by atoms with van der Waals surface area (Å²) >= 11 is 0. The van der Waals surface area contributed by atoms with E-state index in [1.54, 1.807) is 0 Å². The normalized spacial score (nSPS) is 26.3. The lowest BCUT2D eigenvalue weighted by atomic mass is 10.2. The number of carbonyl (C=O) groups is 2. The number of amides is 1. The molecule has 2 saturated heterocycles. The minimum absolute atomic E-state index is 0.0638. The molecular formula is C14H25N3O3. The molecule has 0 bridgehead atoms. The van der Waals surface area contributed by atoms with E-state index in [2.05, 4.69) is 22.0 Å². The van der Waals surface area contributed by atoms with Gasteiger partial charge in [-0.2, -0.15) is 0 Å². The molecular weight excluding hydrogens is 258 g/mol. The summed E-state index contributed by atoms with van der Waals surface area (Å²) in [5, 5.41) is 2.98. The van der Waals surface area contributed by atoms with Crippen LogP contribution in [0.4, 0.5) is 0 Å². The molecule has 6 nitrogen and oxygen atoms in total. The number of ether oxygens (including phenoxy) is 1. The summed E-state index contributed by atoms with van der Waals surface area (Å²) in [6.07, 6.45) is 1.75. The zero-order chi connectivity index (χ0) is 14.5. The molecule has 0 spiro atoms. The Morgan fingerprint density at radius 3 is 2.65 bits per heavy atom. The molecule has 20 heavy (non-hydrogen) atoms. The Morgan fingerprint density at radius 1 is 1.40 bits per heavy atom. The van der Waals surface area contributed by atoms with Crippen molar-refractivity contribution in [1.29, 1.82) is 0 Å². The number of cyclic esters (lactones) is 1. The van der Waals surface area contributed by atoms with Gasteiger partial charge < -0.3 is 10.1 Å². The highest BCUT2D eigenvalue weighted by atomic mass is 16.5. The first-order valence-corrected chi connectivity index (χ1v) is 7.52. The van der Waals surface area contributed by atoms with Crippen molar-refractivity contribution >= 4 is 11.9 Å². The molecule has 0 saturated carbocycles. The van der Waals surface area contributed by atoms with Crippen LogP contribution in [0.15, 0.2) is 0 Å². The molecule has 2 atom stereocenters. The van der Waals surface area contributed by atoms with Gasteiger partial charge in [0.05, 0.1) is 13.2 Å². The third kappa shape index (κ3) is 3.93. The third-order valence-corrected chi connectivity index (χ3v) is 4.14. The molecule has 2 rings (SSSR count). The predicted molar refractivity (Wildman–Crippen MR) is 75.3 cm³/mol. The lowest BCUT2D eigenvalue weighted by Crippen LogP contribution is -2.53. The van der Waals surface area contributed by atoms with Crippen molar-refractivity contribution < 1.29 is 14.3 Å². The van der Waals surface area contributed by atoms with Crippen molar-refractivity contribution in [2.75, 3.05) is 39.3 Å². The topological polar surface area (TPSA) is 61.9 Å². The highest BCUT2D eigenvalue weighted by molar-refractivity contribution is 5.78. The van der Waals surface area contributed by atoms with Crippen LogP contribution in [0.2, 0.25) is 0 Å². The summed E-state index contributed by atoms with van der Waals surface area (Å²) in [5.74, 6) is 0.000963. The lowest BCUT2D eigenvalue weighted by Gasteiger charge is -2.36. The molecule has 0 aliphatic carbocycles. The van der Waals surface area contributed by atoms with Crippen LogP contribution in [-0.2, 0) is 14.3 Å². The van der Waals surface area contributed by atoms with Crippen molar-refractivity contribution in [1.82, 2.24) is 15.1 Å². The minimum atomic E-state index is -0.0898. The Hall–Kier alpha value is -1.14. The van der Waals surface area contributed by atoms with E-state index in [1.807, 2.05) is 6.92 Å². The molecule has 0 aromatic rings. The summed E-state index contributed by atoms with van der Waals surface area (Å²) in [7, 11) is 0. The maximum absolute atomic E-state index is 11.8. The lowest BCUT2D eigenvalue weighted by molar-refractivity contribution is -0.143. The second-order valence-corrected chi connectivity index (χ2v) is 5.66. The van der Waals surface area contributed by atoms with E-state index in [0.717, 1.165) is 39.0 Å². The quantitative estimate of drug-likeness (QED) is 0.710. The maximum Gasteiger partial charge on any atom is 0.323 e. The number of piperazine rings is 1. The van der Waals surface area contributed by atoms with Gasteiger partial charge in [0.2, 0.25) is 5.91 Å². The van der Waals surface area contributed by atoms with Gasteiger partial charge in [0.15, 0.2) is 0 Å². The number of nitrogens with one attached hydrogen (secondary N) is 1. The zero-order valence-corrected chi connectivity index (χ0v) is 12.4. The Labute approximate surface area is 120 Å². The third-order valence-electron chi connectivity index (χ3n) is 4.14. The van der Waals surface area contributed by atoms with E-state index in [1.165, 1.54) is 0 Å². The molecule has 0 aromatic carbocycles. The first-order chi connectivity index (χ1) is 9.60. The molecule has 0 radical (unpaired) electrons. The SMILES string of the molecule is CC[C@@H](C)NC(=O)CN1CCN([C@H]2CCOC2=O)CC1. The van der Waals surface area contributed by atoms with Gasteiger partial charge in [0.25, 0.3) is 0 Å². The van der Waals surface area contributed by atoms with Gasteiger partial charge in [-0.05, 0) is 13.3 Å². The highest BCUT2D eigenvalue weighted by Gasteiger charge is 2.34. The van der Waals surface area contributed by atoms with Gasteiger partial charge >= 0.3 is 5.97 Å². The summed E-state index contributed by atoms with van der Waals surface area (Å²) in [5.41, 5.74) is 0. The maximum atomic E-state index is 11.8.